The van der Waals surface area contributed by atoms with Gasteiger partial charge in [0, 0.05) is 19.6 Å². The van der Waals surface area contributed by atoms with E-state index in [2.05, 4.69) is 27.1 Å². The minimum atomic E-state index is 0.215. The maximum Gasteiger partial charge on any atom is 0.233 e. The molecule has 0 radical (unpaired) electrons. The van der Waals surface area contributed by atoms with E-state index < -0.39 is 0 Å². The summed E-state index contributed by atoms with van der Waals surface area (Å²) in [6.45, 7) is 4.21. The first-order valence-corrected chi connectivity index (χ1v) is 8.10. The number of amides is 1. The Kier molecular flexibility index (Phi) is 3.98. The SMILES string of the molecule is CN1CCC2(CCN(C(=O)CSc3ncn[nH]3)CC2)C1. The van der Waals surface area contributed by atoms with Crippen molar-refractivity contribution in [2.24, 2.45) is 5.41 Å². The highest BCUT2D eigenvalue weighted by atomic mass is 32.2. The van der Waals surface area contributed by atoms with Crippen molar-refractivity contribution in [3.05, 3.63) is 6.33 Å². The van der Waals surface area contributed by atoms with Gasteiger partial charge in [-0.1, -0.05) is 11.8 Å². The number of nitrogens with one attached hydrogen (secondary N) is 1. The molecule has 110 valence electrons. The topological polar surface area (TPSA) is 65.1 Å². The molecule has 1 aromatic heterocycles. The fourth-order valence-electron chi connectivity index (χ4n) is 3.28. The van der Waals surface area contributed by atoms with Crippen LogP contribution >= 0.6 is 11.8 Å². The second-order valence-corrected chi connectivity index (χ2v) is 6.91. The number of aromatic nitrogens is 3. The molecule has 3 heterocycles. The molecule has 1 spiro atoms. The van der Waals surface area contributed by atoms with E-state index in [1.807, 2.05) is 4.90 Å². The normalized spacial score (nSPS) is 22.6. The Morgan fingerprint density at radius 1 is 1.40 bits per heavy atom. The molecule has 2 aliphatic heterocycles. The summed E-state index contributed by atoms with van der Waals surface area (Å²) in [4.78, 5) is 20.6. The fraction of sp³-hybridized carbons (Fsp3) is 0.769. The second-order valence-electron chi connectivity index (χ2n) is 5.95. The first kappa shape index (κ1) is 13.9. The molecule has 0 bridgehead atoms. The lowest BCUT2D eigenvalue weighted by molar-refractivity contribution is -0.130. The number of thioether (sulfide) groups is 1. The monoisotopic (exact) mass is 295 g/mol. The largest absolute Gasteiger partial charge is 0.342 e. The number of carbonyl (C=O) groups is 1. The molecule has 1 aromatic rings. The zero-order chi connectivity index (χ0) is 14.0. The highest BCUT2D eigenvalue weighted by Gasteiger charge is 2.40. The third kappa shape index (κ3) is 2.98. The molecule has 20 heavy (non-hydrogen) atoms. The van der Waals surface area contributed by atoms with Crippen LogP contribution in [0.2, 0.25) is 0 Å². The third-order valence-corrected chi connectivity index (χ3v) is 5.39. The molecular weight excluding hydrogens is 274 g/mol. The number of rotatable bonds is 3. The Labute approximate surface area is 123 Å². The molecule has 3 rings (SSSR count). The average Bonchev–Trinajstić information content (AvgIpc) is 3.08. The predicted molar refractivity (Wildman–Crippen MR) is 77.5 cm³/mol. The molecule has 6 nitrogen and oxygen atoms in total. The number of H-pyrrole nitrogens is 1. The molecular formula is C13H21N5OS. The highest BCUT2D eigenvalue weighted by Crippen LogP contribution is 2.39. The summed E-state index contributed by atoms with van der Waals surface area (Å²) in [5, 5.41) is 7.26. The number of hydrogen-bond acceptors (Lipinski definition) is 5. The molecule has 2 fully saturated rings. The number of carbonyl (C=O) groups excluding carboxylic acids is 1. The minimum Gasteiger partial charge on any atom is -0.342 e. The summed E-state index contributed by atoms with van der Waals surface area (Å²) in [6, 6.07) is 0. The van der Waals surface area contributed by atoms with Crippen LogP contribution in [0.15, 0.2) is 11.5 Å². The van der Waals surface area contributed by atoms with Crippen molar-refractivity contribution in [2.45, 2.75) is 24.4 Å². The number of likely N-dealkylation sites (tertiary alicyclic amines) is 2. The van der Waals surface area contributed by atoms with Gasteiger partial charge in [0.1, 0.15) is 6.33 Å². The van der Waals surface area contributed by atoms with Gasteiger partial charge >= 0.3 is 0 Å². The van der Waals surface area contributed by atoms with Crippen molar-refractivity contribution in [2.75, 3.05) is 39.0 Å². The van der Waals surface area contributed by atoms with Crippen LogP contribution in [0.1, 0.15) is 19.3 Å². The molecule has 2 saturated heterocycles. The third-order valence-electron chi connectivity index (χ3n) is 4.53. The molecule has 0 saturated carbocycles. The van der Waals surface area contributed by atoms with E-state index >= 15 is 0 Å². The lowest BCUT2D eigenvalue weighted by Gasteiger charge is -2.39. The van der Waals surface area contributed by atoms with Gasteiger partial charge < -0.3 is 9.80 Å². The quantitative estimate of drug-likeness (QED) is 0.837. The van der Waals surface area contributed by atoms with Crippen LogP contribution in [0.25, 0.3) is 0 Å². The summed E-state index contributed by atoms with van der Waals surface area (Å²) in [6.07, 6.45) is 5.05. The Balaban J connectivity index is 1.47. The van der Waals surface area contributed by atoms with Gasteiger partial charge in [-0.05, 0) is 38.3 Å². The van der Waals surface area contributed by atoms with Crippen LogP contribution < -0.4 is 0 Å². The van der Waals surface area contributed by atoms with Crippen LogP contribution in [-0.2, 0) is 4.79 Å². The van der Waals surface area contributed by atoms with Crippen molar-refractivity contribution < 1.29 is 4.79 Å². The van der Waals surface area contributed by atoms with Gasteiger partial charge in [-0.2, -0.15) is 5.10 Å². The lowest BCUT2D eigenvalue weighted by Crippen LogP contribution is -2.44. The van der Waals surface area contributed by atoms with Crippen LogP contribution in [-0.4, -0.2) is 69.9 Å². The van der Waals surface area contributed by atoms with Crippen molar-refractivity contribution >= 4 is 17.7 Å². The summed E-state index contributed by atoms with van der Waals surface area (Å²) < 4.78 is 0. The van der Waals surface area contributed by atoms with Gasteiger partial charge in [0.2, 0.25) is 5.91 Å². The van der Waals surface area contributed by atoms with Gasteiger partial charge in [-0.25, -0.2) is 4.98 Å². The van der Waals surface area contributed by atoms with Gasteiger partial charge in [0.25, 0.3) is 0 Å². The van der Waals surface area contributed by atoms with Crippen LogP contribution in [0, 0.1) is 5.41 Å². The minimum absolute atomic E-state index is 0.215. The molecule has 2 aliphatic rings. The van der Waals surface area contributed by atoms with E-state index in [4.69, 9.17) is 0 Å². The fourth-order valence-corrected chi connectivity index (χ4v) is 3.96. The summed E-state index contributed by atoms with van der Waals surface area (Å²) in [5.41, 5.74) is 0.476. The number of nitrogens with zero attached hydrogens (tertiary/aromatic N) is 4. The zero-order valence-electron chi connectivity index (χ0n) is 11.8. The first-order chi connectivity index (χ1) is 9.67. The predicted octanol–water partition coefficient (Wildman–Crippen LogP) is 0.841. The zero-order valence-corrected chi connectivity index (χ0v) is 12.7. The van der Waals surface area contributed by atoms with E-state index in [1.165, 1.54) is 37.6 Å². The molecule has 0 atom stereocenters. The molecule has 0 aliphatic carbocycles. The average molecular weight is 295 g/mol. The molecule has 0 aromatic carbocycles. The van der Waals surface area contributed by atoms with Crippen molar-refractivity contribution in [3.63, 3.8) is 0 Å². The first-order valence-electron chi connectivity index (χ1n) is 7.11. The van der Waals surface area contributed by atoms with Crippen molar-refractivity contribution in [3.8, 4) is 0 Å². The van der Waals surface area contributed by atoms with Crippen LogP contribution in [0.4, 0.5) is 0 Å². The second kappa shape index (κ2) is 5.73. The summed E-state index contributed by atoms with van der Waals surface area (Å²) in [7, 11) is 2.19. The molecule has 0 unspecified atom stereocenters. The van der Waals surface area contributed by atoms with E-state index in [0.717, 1.165) is 25.9 Å². The van der Waals surface area contributed by atoms with E-state index in [-0.39, 0.29) is 5.91 Å². The van der Waals surface area contributed by atoms with Crippen molar-refractivity contribution in [1.82, 2.24) is 25.0 Å². The smallest absolute Gasteiger partial charge is 0.233 e. The van der Waals surface area contributed by atoms with Gasteiger partial charge in [-0.3, -0.25) is 9.89 Å². The summed E-state index contributed by atoms with van der Waals surface area (Å²) >= 11 is 1.42. The molecule has 1 amide bonds. The molecule has 7 heteroatoms. The lowest BCUT2D eigenvalue weighted by atomic mass is 9.78. The van der Waals surface area contributed by atoms with E-state index in [0.29, 0.717) is 16.3 Å². The Hall–Kier alpha value is -1.08. The summed E-state index contributed by atoms with van der Waals surface area (Å²) in [5.74, 6) is 0.662. The van der Waals surface area contributed by atoms with Crippen LogP contribution in [0.3, 0.4) is 0 Å². The Bertz CT molecular complexity index is 455. The number of hydrogen-bond donors (Lipinski definition) is 1. The maximum atomic E-state index is 12.2. The van der Waals surface area contributed by atoms with Crippen molar-refractivity contribution in [1.29, 1.82) is 0 Å². The number of aromatic amines is 1. The Morgan fingerprint density at radius 2 is 2.15 bits per heavy atom. The standard InChI is InChI=1S/C13H21N5OS/c1-17-5-2-13(9-17)3-6-18(7-4-13)11(19)8-20-12-14-10-15-16-12/h10H,2-9H2,1H3,(H,14,15,16). The highest BCUT2D eigenvalue weighted by molar-refractivity contribution is 7.99. The van der Waals surface area contributed by atoms with Gasteiger partial charge in [-0.15, -0.1) is 0 Å². The van der Waals surface area contributed by atoms with Gasteiger partial charge in [0.15, 0.2) is 5.16 Å². The van der Waals surface area contributed by atoms with E-state index in [1.54, 1.807) is 0 Å². The van der Waals surface area contributed by atoms with Crippen LogP contribution in [0.5, 0.6) is 0 Å². The number of piperidine rings is 1. The van der Waals surface area contributed by atoms with Gasteiger partial charge in [0.05, 0.1) is 5.75 Å². The Morgan fingerprint density at radius 3 is 2.75 bits per heavy atom. The maximum absolute atomic E-state index is 12.2. The molecule has 1 N–H and O–H groups in total. The van der Waals surface area contributed by atoms with E-state index in [9.17, 15) is 4.79 Å².